The Morgan fingerprint density at radius 3 is 2.67 bits per heavy atom. The summed E-state index contributed by atoms with van der Waals surface area (Å²) in [6.07, 6.45) is 1.21. The van der Waals surface area contributed by atoms with Gasteiger partial charge in [0.15, 0.2) is 0 Å². The second kappa shape index (κ2) is 5.12. The van der Waals surface area contributed by atoms with Gasteiger partial charge in [0.25, 0.3) is 0 Å². The van der Waals surface area contributed by atoms with Gasteiger partial charge in [-0.25, -0.2) is 0 Å². The van der Waals surface area contributed by atoms with E-state index in [4.69, 9.17) is 10.5 Å². The Labute approximate surface area is 91.7 Å². The van der Waals surface area contributed by atoms with Crippen molar-refractivity contribution in [3.05, 3.63) is 23.0 Å². The van der Waals surface area contributed by atoms with Crippen molar-refractivity contribution >= 4 is 0 Å². The summed E-state index contributed by atoms with van der Waals surface area (Å²) in [5.74, 6) is 0.886. The average molecular weight is 208 g/mol. The summed E-state index contributed by atoms with van der Waals surface area (Å²) in [5.41, 5.74) is 8.66. The second-order valence-electron chi connectivity index (χ2n) is 3.87. The zero-order chi connectivity index (χ0) is 11.4. The van der Waals surface area contributed by atoms with Crippen molar-refractivity contribution in [2.24, 2.45) is 5.73 Å². The summed E-state index contributed by atoms with van der Waals surface area (Å²) >= 11 is 0. The molecule has 0 aliphatic carbocycles. The molecular weight excluding hydrogens is 188 g/mol. The molecule has 3 heteroatoms. The number of aromatic nitrogens is 1. The molecule has 0 radical (unpaired) electrons. The number of hydrogen-bond donors (Lipinski definition) is 1. The molecule has 0 bridgehead atoms. The first-order valence-corrected chi connectivity index (χ1v) is 5.42. The number of nitrogens with two attached hydrogens (primary N) is 1. The second-order valence-corrected chi connectivity index (χ2v) is 3.87. The van der Waals surface area contributed by atoms with Crippen LogP contribution in [0.1, 0.15) is 37.2 Å². The van der Waals surface area contributed by atoms with Crippen LogP contribution in [0, 0.1) is 13.8 Å². The molecule has 1 rings (SSSR count). The van der Waals surface area contributed by atoms with Crippen LogP contribution in [0.15, 0.2) is 6.07 Å². The molecule has 3 nitrogen and oxygen atoms in total. The Bertz CT molecular complexity index is 337. The van der Waals surface area contributed by atoms with E-state index in [1.165, 1.54) is 0 Å². The fourth-order valence-electron chi connectivity index (χ4n) is 1.47. The standard InChI is InChI=1S/C12H20N2O/c1-5-9(3)15-12-6-8(2)14-10(4)11(12)7-13/h6,9H,5,7,13H2,1-4H3. The summed E-state index contributed by atoms with van der Waals surface area (Å²) in [4.78, 5) is 4.38. The van der Waals surface area contributed by atoms with Gasteiger partial charge in [-0.15, -0.1) is 0 Å². The first-order chi connectivity index (χ1) is 7.08. The first-order valence-electron chi connectivity index (χ1n) is 5.42. The van der Waals surface area contributed by atoms with Crippen molar-refractivity contribution in [2.45, 2.75) is 46.8 Å². The number of hydrogen-bond acceptors (Lipinski definition) is 3. The van der Waals surface area contributed by atoms with Crippen molar-refractivity contribution in [1.82, 2.24) is 4.98 Å². The monoisotopic (exact) mass is 208 g/mol. The van der Waals surface area contributed by atoms with Gasteiger partial charge in [-0.1, -0.05) is 6.92 Å². The van der Waals surface area contributed by atoms with E-state index in [9.17, 15) is 0 Å². The third kappa shape index (κ3) is 2.93. The topological polar surface area (TPSA) is 48.1 Å². The molecule has 1 heterocycles. The quantitative estimate of drug-likeness (QED) is 0.826. The van der Waals surface area contributed by atoms with E-state index >= 15 is 0 Å². The molecule has 1 unspecified atom stereocenters. The minimum atomic E-state index is 0.219. The van der Waals surface area contributed by atoms with Crippen LogP contribution in [0.4, 0.5) is 0 Å². The van der Waals surface area contributed by atoms with E-state index in [1.807, 2.05) is 19.9 Å². The van der Waals surface area contributed by atoms with Crippen molar-refractivity contribution < 1.29 is 4.74 Å². The van der Waals surface area contributed by atoms with E-state index in [0.717, 1.165) is 29.1 Å². The molecule has 0 aliphatic rings. The molecule has 0 fully saturated rings. The molecule has 84 valence electrons. The van der Waals surface area contributed by atoms with E-state index in [0.29, 0.717) is 6.54 Å². The maximum atomic E-state index is 5.83. The molecule has 1 atom stereocenters. The fourth-order valence-corrected chi connectivity index (χ4v) is 1.47. The minimum absolute atomic E-state index is 0.219. The van der Waals surface area contributed by atoms with Gasteiger partial charge in [-0.05, 0) is 27.2 Å². The smallest absolute Gasteiger partial charge is 0.127 e. The Morgan fingerprint density at radius 1 is 1.47 bits per heavy atom. The Morgan fingerprint density at radius 2 is 2.13 bits per heavy atom. The summed E-state index contributed by atoms with van der Waals surface area (Å²) < 4.78 is 5.83. The Hall–Kier alpha value is -1.09. The van der Waals surface area contributed by atoms with Gasteiger partial charge < -0.3 is 10.5 Å². The molecule has 2 N–H and O–H groups in total. The van der Waals surface area contributed by atoms with Crippen LogP contribution in [-0.2, 0) is 6.54 Å². The van der Waals surface area contributed by atoms with Crippen LogP contribution in [0.5, 0.6) is 5.75 Å². The summed E-state index contributed by atoms with van der Waals surface area (Å²) in [6.45, 7) is 8.58. The van der Waals surface area contributed by atoms with Gasteiger partial charge in [-0.3, -0.25) is 4.98 Å². The van der Waals surface area contributed by atoms with E-state index in [1.54, 1.807) is 0 Å². The molecule has 1 aromatic rings. The van der Waals surface area contributed by atoms with Crippen molar-refractivity contribution in [2.75, 3.05) is 0 Å². The molecule has 0 aromatic carbocycles. The molecular formula is C12H20N2O. The Balaban J connectivity index is 3.03. The van der Waals surface area contributed by atoms with Crippen LogP contribution in [0.25, 0.3) is 0 Å². The van der Waals surface area contributed by atoms with Crippen LogP contribution in [0.2, 0.25) is 0 Å². The van der Waals surface area contributed by atoms with Gasteiger partial charge in [0.2, 0.25) is 0 Å². The lowest BCUT2D eigenvalue weighted by atomic mass is 10.1. The lowest BCUT2D eigenvalue weighted by molar-refractivity contribution is 0.214. The molecule has 0 saturated heterocycles. The molecule has 1 aromatic heterocycles. The van der Waals surface area contributed by atoms with Crippen molar-refractivity contribution in [3.63, 3.8) is 0 Å². The number of aryl methyl sites for hydroxylation is 2. The normalized spacial score (nSPS) is 12.6. The van der Waals surface area contributed by atoms with Gasteiger partial charge in [0.05, 0.1) is 6.10 Å². The summed E-state index contributed by atoms with van der Waals surface area (Å²) in [5, 5.41) is 0. The lowest BCUT2D eigenvalue weighted by Crippen LogP contribution is -2.14. The molecule has 0 spiro atoms. The fraction of sp³-hybridized carbons (Fsp3) is 0.583. The number of rotatable bonds is 4. The predicted molar refractivity (Wildman–Crippen MR) is 62.0 cm³/mol. The van der Waals surface area contributed by atoms with Crippen LogP contribution >= 0.6 is 0 Å². The van der Waals surface area contributed by atoms with Gasteiger partial charge in [0, 0.05) is 29.6 Å². The van der Waals surface area contributed by atoms with Crippen molar-refractivity contribution in [1.29, 1.82) is 0 Å². The zero-order valence-corrected chi connectivity index (χ0v) is 10.0. The summed E-state index contributed by atoms with van der Waals surface area (Å²) in [7, 11) is 0. The zero-order valence-electron chi connectivity index (χ0n) is 10.0. The molecule has 15 heavy (non-hydrogen) atoms. The van der Waals surface area contributed by atoms with E-state index in [-0.39, 0.29) is 6.10 Å². The number of ether oxygens (including phenoxy) is 1. The maximum Gasteiger partial charge on any atom is 0.127 e. The van der Waals surface area contributed by atoms with Gasteiger partial charge in [-0.2, -0.15) is 0 Å². The third-order valence-electron chi connectivity index (χ3n) is 2.53. The predicted octanol–water partition coefficient (Wildman–Crippen LogP) is 2.33. The van der Waals surface area contributed by atoms with Crippen LogP contribution < -0.4 is 10.5 Å². The third-order valence-corrected chi connectivity index (χ3v) is 2.53. The molecule has 0 aliphatic heterocycles. The lowest BCUT2D eigenvalue weighted by Gasteiger charge is -2.17. The average Bonchev–Trinajstić information content (AvgIpc) is 2.17. The van der Waals surface area contributed by atoms with Crippen LogP contribution in [0.3, 0.4) is 0 Å². The Kier molecular flexibility index (Phi) is 4.09. The highest BCUT2D eigenvalue weighted by Gasteiger charge is 2.10. The van der Waals surface area contributed by atoms with Gasteiger partial charge in [0.1, 0.15) is 5.75 Å². The molecule has 0 amide bonds. The number of pyridine rings is 1. The minimum Gasteiger partial charge on any atom is -0.490 e. The largest absolute Gasteiger partial charge is 0.490 e. The maximum absolute atomic E-state index is 5.83. The van der Waals surface area contributed by atoms with Crippen molar-refractivity contribution in [3.8, 4) is 5.75 Å². The van der Waals surface area contributed by atoms with Gasteiger partial charge >= 0.3 is 0 Å². The van der Waals surface area contributed by atoms with Crippen LogP contribution in [-0.4, -0.2) is 11.1 Å². The highest BCUT2D eigenvalue weighted by Crippen LogP contribution is 2.23. The van der Waals surface area contributed by atoms with E-state index in [2.05, 4.69) is 18.8 Å². The number of nitrogens with zero attached hydrogens (tertiary/aromatic N) is 1. The highest BCUT2D eigenvalue weighted by atomic mass is 16.5. The van der Waals surface area contributed by atoms with E-state index < -0.39 is 0 Å². The SMILES string of the molecule is CCC(C)Oc1cc(C)nc(C)c1CN. The first kappa shape index (κ1) is 12.0. The summed E-state index contributed by atoms with van der Waals surface area (Å²) in [6, 6.07) is 1.96. The molecule has 0 saturated carbocycles. The highest BCUT2D eigenvalue weighted by molar-refractivity contribution is 5.37.